The third kappa shape index (κ3) is 5.52. The van der Waals surface area contributed by atoms with Gasteiger partial charge in [-0.2, -0.15) is 0 Å². The molecule has 8 nitrogen and oxygen atoms in total. The van der Waals surface area contributed by atoms with Gasteiger partial charge in [0.1, 0.15) is 6.10 Å². The minimum absolute atomic E-state index is 0.0133. The summed E-state index contributed by atoms with van der Waals surface area (Å²) in [7, 11) is 0. The fourth-order valence-corrected chi connectivity index (χ4v) is 12.3. The Bertz CT molecular complexity index is 1210. The Morgan fingerprint density at radius 1 is 0.956 bits per heavy atom. The van der Waals surface area contributed by atoms with Gasteiger partial charge in [-0.1, -0.05) is 54.0 Å². The molecule has 0 bridgehead atoms. The van der Waals surface area contributed by atoms with Crippen molar-refractivity contribution in [2.24, 2.45) is 56.7 Å². The normalized spacial score (nSPS) is 45.9. The fourth-order valence-electron chi connectivity index (χ4n) is 12.3. The topological polar surface area (TPSA) is 124 Å². The van der Waals surface area contributed by atoms with Crippen LogP contribution in [0.15, 0.2) is 11.6 Å². The molecule has 0 aromatic rings. The van der Waals surface area contributed by atoms with Crippen molar-refractivity contribution in [2.75, 3.05) is 32.8 Å². The second-order valence-corrected chi connectivity index (χ2v) is 17.3. The molecule has 3 N–H and O–H groups in total. The summed E-state index contributed by atoms with van der Waals surface area (Å²) in [5.41, 5.74) is 0.00933. The number of carboxylic acids is 1. The van der Waals surface area contributed by atoms with Crippen molar-refractivity contribution in [2.45, 2.75) is 112 Å². The monoisotopic (exact) mass is 629 g/mol. The van der Waals surface area contributed by atoms with Crippen molar-refractivity contribution in [3.63, 3.8) is 0 Å². The zero-order valence-corrected chi connectivity index (χ0v) is 28.9. The number of ketones is 1. The molecule has 5 aliphatic rings. The van der Waals surface area contributed by atoms with Crippen molar-refractivity contribution in [3.05, 3.63) is 11.6 Å². The molecule has 0 heterocycles. The van der Waals surface area contributed by atoms with Gasteiger partial charge in [0.2, 0.25) is 0 Å². The molecule has 0 radical (unpaired) electrons. The lowest BCUT2D eigenvalue weighted by atomic mass is 9.33. The van der Waals surface area contributed by atoms with Gasteiger partial charge in [-0.15, -0.1) is 0 Å². The maximum Gasteiger partial charge on any atom is 0.320 e. The standard InChI is InChI=1S/C37H59NO7/c1-23-8-10-33(3)12-13-36(6)26(31(33)24(23)2)18-27(41)32-35(5)20-25(45-30(44)22-38(14-16-39)15-17-40)19-34(4,21-29(42)43)28(35)9-11-37(32,36)7/h18,23-25,28,31-32,39-40H,8-17,19-22H2,1-7H3,(H,42,43)/t23-,24+,25?,28+,31+,32-,33-,34?,35+,36-,37-/m1/s1. The van der Waals surface area contributed by atoms with E-state index in [0.717, 1.165) is 25.7 Å². The van der Waals surface area contributed by atoms with Crippen LogP contribution in [0.25, 0.3) is 0 Å². The summed E-state index contributed by atoms with van der Waals surface area (Å²) in [6, 6.07) is 0. The molecular weight excluding hydrogens is 570 g/mol. The minimum Gasteiger partial charge on any atom is -0.481 e. The van der Waals surface area contributed by atoms with E-state index < -0.39 is 28.9 Å². The molecule has 0 aromatic carbocycles. The molecule has 254 valence electrons. The average Bonchev–Trinajstić information content (AvgIpc) is 2.91. The number of hydrogen-bond donors (Lipinski definition) is 3. The van der Waals surface area contributed by atoms with Crippen LogP contribution in [0, 0.1) is 56.7 Å². The minimum atomic E-state index is -0.867. The molecule has 0 spiro atoms. The van der Waals surface area contributed by atoms with Gasteiger partial charge in [0, 0.05) is 19.0 Å². The second-order valence-electron chi connectivity index (χ2n) is 17.3. The van der Waals surface area contributed by atoms with E-state index >= 15 is 0 Å². The molecule has 2 unspecified atom stereocenters. The summed E-state index contributed by atoms with van der Waals surface area (Å²) >= 11 is 0. The molecule has 0 aliphatic heterocycles. The van der Waals surface area contributed by atoms with E-state index in [1.807, 2.05) is 6.92 Å². The SMILES string of the molecule is C[C@H]1[C@H](C)CC[C@]2(C)CC[C@]3(C)C(=CC(=O)[C@@H]4[C@@]5(C)CC(OC(=O)CN(CCO)CCO)CC(C)(CC(=O)O)[C@@H]5CC[C@]43C)[C@H]12. The number of carbonyl (C=O) groups excluding carboxylic acids is 2. The van der Waals surface area contributed by atoms with Crippen LogP contribution >= 0.6 is 0 Å². The van der Waals surface area contributed by atoms with E-state index in [1.54, 1.807) is 4.90 Å². The highest BCUT2D eigenvalue weighted by Crippen LogP contribution is 2.75. The smallest absolute Gasteiger partial charge is 0.320 e. The largest absolute Gasteiger partial charge is 0.481 e. The van der Waals surface area contributed by atoms with Crippen molar-refractivity contribution < 1.29 is 34.4 Å². The van der Waals surface area contributed by atoms with E-state index in [2.05, 4.69) is 47.6 Å². The third-order valence-corrected chi connectivity index (χ3v) is 14.6. The molecule has 5 aliphatic carbocycles. The van der Waals surface area contributed by atoms with Gasteiger partial charge in [-0.3, -0.25) is 19.3 Å². The molecule has 0 aromatic heterocycles. The Labute approximate surface area is 270 Å². The van der Waals surface area contributed by atoms with Crippen LogP contribution in [0.2, 0.25) is 0 Å². The predicted molar refractivity (Wildman–Crippen MR) is 172 cm³/mol. The zero-order chi connectivity index (χ0) is 33.2. The van der Waals surface area contributed by atoms with Crippen LogP contribution < -0.4 is 0 Å². The maximum atomic E-state index is 14.8. The van der Waals surface area contributed by atoms with Gasteiger partial charge < -0.3 is 20.1 Å². The Balaban J connectivity index is 1.53. The first-order chi connectivity index (χ1) is 21.0. The van der Waals surface area contributed by atoms with Crippen molar-refractivity contribution in [3.8, 4) is 0 Å². The number of aliphatic hydroxyl groups excluding tert-OH is 2. The lowest BCUT2D eigenvalue weighted by Crippen LogP contribution is -2.67. The highest BCUT2D eigenvalue weighted by atomic mass is 16.5. The number of carbonyl (C=O) groups is 3. The lowest BCUT2D eigenvalue weighted by Gasteiger charge is -2.70. The molecule has 0 saturated heterocycles. The molecule has 0 amide bonds. The van der Waals surface area contributed by atoms with Gasteiger partial charge in [-0.25, -0.2) is 0 Å². The highest BCUT2D eigenvalue weighted by Gasteiger charge is 2.70. The number of ether oxygens (including phenoxy) is 1. The van der Waals surface area contributed by atoms with Crippen LogP contribution in [0.5, 0.6) is 0 Å². The van der Waals surface area contributed by atoms with Crippen LogP contribution in [-0.4, -0.2) is 76.9 Å². The third-order valence-electron chi connectivity index (χ3n) is 14.6. The van der Waals surface area contributed by atoms with Gasteiger partial charge in [-0.05, 0) is 108 Å². The van der Waals surface area contributed by atoms with E-state index in [4.69, 9.17) is 4.74 Å². The number of carboxylic acid groups (broad SMARTS) is 1. The Morgan fingerprint density at radius 3 is 2.24 bits per heavy atom. The summed E-state index contributed by atoms with van der Waals surface area (Å²) in [5, 5.41) is 28.9. The summed E-state index contributed by atoms with van der Waals surface area (Å²) in [6.45, 7) is 16.4. The number of hydrogen-bond acceptors (Lipinski definition) is 7. The van der Waals surface area contributed by atoms with E-state index in [-0.39, 0.29) is 73.1 Å². The quantitative estimate of drug-likeness (QED) is 0.286. The number of fused-ring (bicyclic) bond motifs is 7. The summed E-state index contributed by atoms with van der Waals surface area (Å²) in [4.78, 5) is 41.9. The molecule has 4 fully saturated rings. The number of rotatable bonds is 9. The Morgan fingerprint density at radius 2 is 1.62 bits per heavy atom. The summed E-state index contributed by atoms with van der Waals surface area (Å²) in [6.07, 6.45) is 8.90. The maximum absolute atomic E-state index is 14.8. The van der Waals surface area contributed by atoms with Crippen molar-refractivity contribution in [1.29, 1.82) is 0 Å². The van der Waals surface area contributed by atoms with Gasteiger partial charge in [0.25, 0.3) is 0 Å². The number of nitrogens with zero attached hydrogens (tertiary/aromatic N) is 1. The van der Waals surface area contributed by atoms with Crippen LogP contribution in [-0.2, 0) is 19.1 Å². The van der Waals surface area contributed by atoms with E-state index in [0.29, 0.717) is 30.6 Å². The molecular formula is C37H59NO7. The predicted octanol–water partition coefficient (Wildman–Crippen LogP) is 5.50. The molecule has 5 rings (SSSR count). The van der Waals surface area contributed by atoms with Gasteiger partial charge in [0.15, 0.2) is 5.78 Å². The zero-order valence-electron chi connectivity index (χ0n) is 28.9. The van der Waals surface area contributed by atoms with Gasteiger partial charge >= 0.3 is 11.9 Å². The Hall–Kier alpha value is -1.77. The van der Waals surface area contributed by atoms with Crippen molar-refractivity contribution in [1.82, 2.24) is 4.90 Å². The molecule has 11 atom stereocenters. The fraction of sp³-hybridized carbons (Fsp3) is 0.865. The first-order valence-electron chi connectivity index (χ1n) is 17.6. The number of aliphatic hydroxyl groups is 2. The van der Waals surface area contributed by atoms with Crippen LogP contribution in [0.4, 0.5) is 0 Å². The highest BCUT2D eigenvalue weighted by molar-refractivity contribution is 5.95. The molecule has 45 heavy (non-hydrogen) atoms. The first kappa shape index (κ1) is 34.6. The average molecular weight is 630 g/mol. The second kappa shape index (κ2) is 12.0. The number of allylic oxidation sites excluding steroid dienone is 2. The Kier molecular flexibility index (Phi) is 9.24. The molecule has 4 saturated carbocycles. The lowest BCUT2D eigenvalue weighted by molar-refractivity contribution is -0.208. The van der Waals surface area contributed by atoms with Crippen LogP contribution in [0.1, 0.15) is 106 Å². The van der Waals surface area contributed by atoms with E-state index in [9.17, 15) is 29.7 Å². The van der Waals surface area contributed by atoms with Crippen LogP contribution in [0.3, 0.4) is 0 Å². The van der Waals surface area contributed by atoms with Crippen molar-refractivity contribution >= 4 is 17.7 Å². The number of aliphatic carboxylic acids is 1. The first-order valence-corrected chi connectivity index (χ1v) is 17.6. The van der Waals surface area contributed by atoms with Gasteiger partial charge in [0.05, 0.1) is 26.2 Å². The summed E-state index contributed by atoms with van der Waals surface area (Å²) < 4.78 is 6.13. The summed E-state index contributed by atoms with van der Waals surface area (Å²) in [5.74, 6) is 0.135. The number of esters is 1. The van der Waals surface area contributed by atoms with E-state index in [1.165, 1.54) is 18.4 Å². The molecule has 8 heteroatoms.